The number of hydrogen-bond donors (Lipinski definition) is 0. The number of fused-ring (bicyclic) bond motifs is 1. The van der Waals surface area contributed by atoms with E-state index in [9.17, 15) is 0 Å². The smallest absolute Gasteiger partial charge is 0.0319 e. The molecule has 2 aliphatic rings. The molecule has 0 amide bonds. The quantitative estimate of drug-likeness (QED) is 0.488. The Hall–Kier alpha value is -0.520. The van der Waals surface area contributed by atoms with Gasteiger partial charge in [0.25, 0.3) is 0 Å². The van der Waals surface area contributed by atoms with Crippen LogP contribution in [0, 0.1) is 11.8 Å². The molecule has 2 aliphatic carbocycles. The molecule has 0 bridgehead atoms. The summed E-state index contributed by atoms with van der Waals surface area (Å²) in [5.41, 5.74) is 0. The number of hydrogen-bond acceptors (Lipinski definition) is 0. The van der Waals surface area contributed by atoms with E-state index in [4.69, 9.17) is 0 Å². The molecule has 0 aliphatic heterocycles. The van der Waals surface area contributed by atoms with Crippen molar-refractivity contribution in [2.45, 2.75) is 44.9 Å². The minimum Gasteiger partial charge on any atom is -0.0885 e. The first-order valence-corrected chi connectivity index (χ1v) is 5.77. The van der Waals surface area contributed by atoms with Crippen LogP contribution in [0.1, 0.15) is 44.9 Å². The van der Waals surface area contributed by atoms with Gasteiger partial charge < -0.3 is 0 Å². The molecular weight excluding hydrogens is 156 g/mol. The van der Waals surface area contributed by atoms with E-state index in [0.29, 0.717) is 0 Å². The average Bonchev–Trinajstić information content (AvgIpc) is 2.83. The van der Waals surface area contributed by atoms with Crippen molar-refractivity contribution >= 4 is 0 Å². The van der Waals surface area contributed by atoms with Crippen molar-refractivity contribution in [3.8, 4) is 0 Å². The van der Waals surface area contributed by atoms with Gasteiger partial charge in [-0.15, -0.1) is 0 Å². The number of allylic oxidation sites excluding steroid dienone is 4. The third kappa shape index (κ3) is 3.02. The molecule has 0 radical (unpaired) electrons. The lowest BCUT2D eigenvalue weighted by Crippen LogP contribution is -1.82. The van der Waals surface area contributed by atoms with Crippen LogP contribution in [-0.2, 0) is 0 Å². The van der Waals surface area contributed by atoms with Crippen molar-refractivity contribution in [3.63, 3.8) is 0 Å². The largest absolute Gasteiger partial charge is 0.0885 e. The van der Waals surface area contributed by atoms with Crippen molar-refractivity contribution in [1.82, 2.24) is 0 Å². The highest BCUT2D eigenvalue weighted by Crippen LogP contribution is 2.44. The van der Waals surface area contributed by atoms with E-state index in [-0.39, 0.29) is 0 Å². The molecule has 2 unspecified atom stereocenters. The molecule has 2 atom stereocenters. The van der Waals surface area contributed by atoms with Crippen LogP contribution < -0.4 is 0 Å². The molecule has 0 aromatic heterocycles. The molecule has 0 saturated heterocycles. The Labute approximate surface area is 81.7 Å². The van der Waals surface area contributed by atoms with E-state index in [0.717, 1.165) is 11.8 Å². The predicted octanol–water partition coefficient (Wildman–Crippen LogP) is 4.09. The molecule has 13 heavy (non-hydrogen) atoms. The van der Waals surface area contributed by atoms with Gasteiger partial charge in [-0.3, -0.25) is 0 Å². The van der Waals surface area contributed by atoms with Gasteiger partial charge in [-0.1, -0.05) is 24.3 Å². The van der Waals surface area contributed by atoms with Crippen molar-refractivity contribution in [2.75, 3.05) is 0 Å². The van der Waals surface area contributed by atoms with Gasteiger partial charge in [0, 0.05) is 0 Å². The summed E-state index contributed by atoms with van der Waals surface area (Å²) >= 11 is 0. The molecule has 0 aromatic carbocycles. The Morgan fingerprint density at radius 1 is 0.769 bits per heavy atom. The highest BCUT2D eigenvalue weighted by Gasteiger charge is 2.34. The summed E-state index contributed by atoms with van der Waals surface area (Å²) in [6.07, 6.45) is 19.1. The van der Waals surface area contributed by atoms with Gasteiger partial charge in [-0.25, -0.2) is 0 Å². The minimum absolute atomic E-state index is 1.05. The molecule has 0 heterocycles. The summed E-state index contributed by atoms with van der Waals surface area (Å²) in [5.74, 6) is 2.11. The third-order valence-corrected chi connectivity index (χ3v) is 3.29. The van der Waals surface area contributed by atoms with Crippen molar-refractivity contribution in [2.24, 2.45) is 11.8 Å². The molecule has 0 heteroatoms. The van der Waals surface area contributed by atoms with E-state index in [1.54, 1.807) is 0 Å². The minimum atomic E-state index is 1.05. The average molecular weight is 176 g/mol. The Morgan fingerprint density at radius 3 is 2.46 bits per heavy atom. The highest BCUT2D eigenvalue weighted by molar-refractivity contribution is 4.96. The third-order valence-electron chi connectivity index (χ3n) is 3.29. The highest BCUT2D eigenvalue weighted by atomic mass is 14.4. The van der Waals surface area contributed by atoms with Gasteiger partial charge in [-0.2, -0.15) is 0 Å². The fraction of sp³-hybridized carbons (Fsp3) is 0.692. The molecule has 1 saturated carbocycles. The number of rotatable bonds is 0. The van der Waals surface area contributed by atoms with Gasteiger partial charge in [0.1, 0.15) is 0 Å². The van der Waals surface area contributed by atoms with Crippen LogP contribution in [0.25, 0.3) is 0 Å². The summed E-state index contributed by atoms with van der Waals surface area (Å²) in [7, 11) is 0. The second kappa shape index (κ2) is 4.64. The monoisotopic (exact) mass is 176 g/mol. The van der Waals surface area contributed by atoms with Crippen molar-refractivity contribution < 1.29 is 0 Å². The van der Waals surface area contributed by atoms with E-state index in [2.05, 4.69) is 24.3 Å². The summed E-state index contributed by atoms with van der Waals surface area (Å²) in [5, 5.41) is 0. The zero-order valence-corrected chi connectivity index (χ0v) is 8.41. The molecule has 0 nitrogen and oxygen atoms in total. The Balaban J connectivity index is 1.80. The SMILES string of the molecule is C1=C/CCC2CC2C/C=C/CCC/1. The van der Waals surface area contributed by atoms with Crippen molar-refractivity contribution in [1.29, 1.82) is 0 Å². The fourth-order valence-electron chi connectivity index (χ4n) is 2.24. The molecule has 0 N–H and O–H groups in total. The Morgan fingerprint density at radius 2 is 1.54 bits per heavy atom. The molecule has 2 rings (SSSR count). The van der Waals surface area contributed by atoms with Crippen LogP contribution in [-0.4, -0.2) is 0 Å². The summed E-state index contributed by atoms with van der Waals surface area (Å²) in [6.45, 7) is 0. The van der Waals surface area contributed by atoms with Crippen molar-refractivity contribution in [3.05, 3.63) is 24.3 Å². The van der Waals surface area contributed by atoms with Crippen LogP contribution >= 0.6 is 0 Å². The maximum Gasteiger partial charge on any atom is -0.0319 e. The topological polar surface area (TPSA) is 0 Å². The molecule has 1 fully saturated rings. The first-order valence-electron chi connectivity index (χ1n) is 5.77. The van der Waals surface area contributed by atoms with Gasteiger partial charge in [-0.05, 0) is 56.8 Å². The Bertz CT molecular complexity index is 200. The molecule has 72 valence electrons. The van der Waals surface area contributed by atoms with Crippen LogP contribution in [0.5, 0.6) is 0 Å². The van der Waals surface area contributed by atoms with Gasteiger partial charge in [0.15, 0.2) is 0 Å². The van der Waals surface area contributed by atoms with E-state index in [1.807, 2.05) is 0 Å². The lowest BCUT2D eigenvalue weighted by atomic mass is 10.1. The molecule has 0 aromatic rings. The first kappa shape index (κ1) is 9.05. The molecular formula is C13H20. The van der Waals surface area contributed by atoms with Gasteiger partial charge >= 0.3 is 0 Å². The zero-order chi connectivity index (χ0) is 8.93. The van der Waals surface area contributed by atoms with E-state index in [1.165, 1.54) is 44.9 Å². The fourth-order valence-corrected chi connectivity index (χ4v) is 2.24. The summed E-state index contributed by atoms with van der Waals surface area (Å²) in [6, 6.07) is 0. The van der Waals surface area contributed by atoms with E-state index < -0.39 is 0 Å². The lowest BCUT2D eigenvalue weighted by molar-refractivity contribution is 0.653. The van der Waals surface area contributed by atoms with Gasteiger partial charge in [0.2, 0.25) is 0 Å². The summed E-state index contributed by atoms with van der Waals surface area (Å²) < 4.78 is 0. The van der Waals surface area contributed by atoms with Crippen LogP contribution in [0.4, 0.5) is 0 Å². The predicted molar refractivity (Wildman–Crippen MR) is 57.6 cm³/mol. The lowest BCUT2D eigenvalue weighted by Gasteiger charge is -1.97. The second-order valence-electron chi connectivity index (χ2n) is 4.44. The van der Waals surface area contributed by atoms with Gasteiger partial charge in [0.05, 0.1) is 0 Å². The second-order valence-corrected chi connectivity index (χ2v) is 4.44. The standard InChI is InChI=1S/C13H20/c1-2-4-6-8-10-13-11-12(13)9-7-5-3-1/h3,5-6,8,12-13H,1-2,4,7,9-11H2/b5-3+,8-6+. The normalized spacial score (nSPS) is 39.4. The first-order chi connectivity index (χ1) is 6.47. The molecule has 0 spiro atoms. The maximum atomic E-state index is 2.41. The van der Waals surface area contributed by atoms with Crippen LogP contribution in [0.15, 0.2) is 24.3 Å². The van der Waals surface area contributed by atoms with Crippen LogP contribution in [0.3, 0.4) is 0 Å². The Kier molecular flexibility index (Phi) is 3.23. The van der Waals surface area contributed by atoms with E-state index >= 15 is 0 Å². The maximum absolute atomic E-state index is 2.41. The summed E-state index contributed by atoms with van der Waals surface area (Å²) in [4.78, 5) is 0. The zero-order valence-electron chi connectivity index (χ0n) is 8.41. The van der Waals surface area contributed by atoms with Crippen LogP contribution in [0.2, 0.25) is 0 Å².